The van der Waals surface area contributed by atoms with Gasteiger partial charge in [-0.15, -0.1) is 24.0 Å². The zero-order chi connectivity index (χ0) is 18.6. The molecule has 27 heavy (non-hydrogen) atoms. The van der Waals surface area contributed by atoms with Crippen LogP contribution >= 0.6 is 24.0 Å². The summed E-state index contributed by atoms with van der Waals surface area (Å²) in [5.41, 5.74) is 1.11. The van der Waals surface area contributed by atoms with Crippen LogP contribution in [-0.4, -0.2) is 46.5 Å². The maximum atomic E-state index is 5.69. The van der Waals surface area contributed by atoms with E-state index in [4.69, 9.17) is 14.2 Å². The molecule has 0 saturated heterocycles. The Morgan fingerprint density at radius 3 is 2.67 bits per heavy atom. The van der Waals surface area contributed by atoms with E-state index in [0.29, 0.717) is 13.2 Å². The lowest BCUT2D eigenvalue weighted by molar-refractivity contribution is 0.123. The molecular weight excluding hydrogens is 457 g/mol. The van der Waals surface area contributed by atoms with Crippen LogP contribution in [-0.2, 0) is 11.3 Å². The van der Waals surface area contributed by atoms with Crippen molar-refractivity contribution in [3.05, 3.63) is 23.8 Å². The molecule has 0 aromatic heterocycles. The Bertz CT molecular complexity index is 565. The topological polar surface area (TPSA) is 64.1 Å². The first kappa shape index (κ1) is 23.8. The van der Waals surface area contributed by atoms with E-state index >= 15 is 0 Å². The lowest BCUT2D eigenvalue weighted by Crippen LogP contribution is -2.37. The van der Waals surface area contributed by atoms with Crippen LogP contribution in [0.4, 0.5) is 0 Å². The molecule has 2 rings (SSSR count). The quantitative estimate of drug-likeness (QED) is 0.203. The van der Waals surface area contributed by atoms with Crippen molar-refractivity contribution in [1.82, 2.24) is 10.6 Å². The third-order valence-corrected chi connectivity index (χ3v) is 4.18. The fourth-order valence-corrected chi connectivity index (χ4v) is 2.48. The smallest absolute Gasteiger partial charge is 0.191 e. The molecule has 1 aromatic rings. The van der Waals surface area contributed by atoms with Crippen LogP contribution in [0.1, 0.15) is 38.2 Å². The number of halogens is 1. The van der Waals surface area contributed by atoms with Gasteiger partial charge >= 0.3 is 0 Å². The second-order valence-corrected chi connectivity index (χ2v) is 6.56. The highest BCUT2D eigenvalue weighted by atomic mass is 127. The molecular formula is C20H34IN3O3. The van der Waals surface area contributed by atoms with E-state index in [-0.39, 0.29) is 24.0 Å². The predicted molar refractivity (Wildman–Crippen MR) is 121 cm³/mol. The SMILES string of the molecule is CCCOc1ccc(CNC(=NC)NCCCOCC2CC2)cc1OC.I. The molecule has 154 valence electrons. The molecule has 6 nitrogen and oxygen atoms in total. The fraction of sp³-hybridized carbons (Fsp3) is 0.650. The minimum absolute atomic E-state index is 0. The summed E-state index contributed by atoms with van der Waals surface area (Å²) >= 11 is 0. The number of hydrogen-bond donors (Lipinski definition) is 2. The second-order valence-electron chi connectivity index (χ2n) is 6.56. The van der Waals surface area contributed by atoms with Gasteiger partial charge < -0.3 is 24.8 Å². The number of nitrogens with zero attached hydrogens (tertiary/aromatic N) is 1. The molecule has 0 amide bonds. The van der Waals surface area contributed by atoms with Gasteiger partial charge in [0.15, 0.2) is 17.5 Å². The summed E-state index contributed by atoms with van der Waals surface area (Å²) in [4.78, 5) is 4.26. The van der Waals surface area contributed by atoms with Crippen LogP contribution in [0.5, 0.6) is 11.5 Å². The molecule has 0 radical (unpaired) electrons. The van der Waals surface area contributed by atoms with Crippen LogP contribution in [0.25, 0.3) is 0 Å². The number of hydrogen-bond acceptors (Lipinski definition) is 4. The van der Waals surface area contributed by atoms with Crippen LogP contribution < -0.4 is 20.1 Å². The lowest BCUT2D eigenvalue weighted by Gasteiger charge is -2.14. The van der Waals surface area contributed by atoms with Gasteiger partial charge in [0.1, 0.15) is 0 Å². The zero-order valence-corrected chi connectivity index (χ0v) is 19.1. The molecule has 0 spiro atoms. The average Bonchev–Trinajstić information content (AvgIpc) is 3.49. The maximum absolute atomic E-state index is 5.69. The highest BCUT2D eigenvalue weighted by Gasteiger charge is 2.20. The third kappa shape index (κ3) is 9.51. The third-order valence-electron chi connectivity index (χ3n) is 4.18. The van der Waals surface area contributed by atoms with Crippen molar-refractivity contribution in [2.75, 3.05) is 40.5 Å². The van der Waals surface area contributed by atoms with E-state index in [2.05, 4.69) is 22.5 Å². The van der Waals surface area contributed by atoms with E-state index in [0.717, 1.165) is 61.5 Å². The first-order chi connectivity index (χ1) is 12.8. The Morgan fingerprint density at radius 2 is 2.00 bits per heavy atom. The first-order valence-electron chi connectivity index (χ1n) is 9.58. The Hall–Kier alpha value is -1.22. The van der Waals surface area contributed by atoms with Crippen molar-refractivity contribution in [2.24, 2.45) is 10.9 Å². The Balaban J connectivity index is 0.00000364. The maximum Gasteiger partial charge on any atom is 0.191 e. The standard InChI is InChI=1S/C20H33N3O3.HI/c1-4-11-26-18-9-8-17(13-19(18)24-3)14-23-20(21-2)22-10-5-12-25-15-16-6-7-16;/h8-9,13,16H,4-7,10-12,14-15H2,1-3H3,(H2,21,22,23);1H. The van der Waals surface area contributed by atoms with E-state index in [1.165, 1.54) is 12.8 Å². The highest BCUT2D eigenvalue weighted by Crippen LogP contribution is 2.29. The van der Waals surface area contributed by atoms with E-state index < -0.39 is 0 Å². The largest absolute Gasteiger partial charge is 0.493 e. The molecule has 0 unspecified atom stereocenters. The Morgan fingerprint density at radius 1 is 1.19 bits per heavy atom. The summed E-state index contributed by atoms with van der Waals surface area (Å²) in [5, 5.41) is 6.63. The van der Waals surface area contributed by atoms with Crippen molar-refractivity contribution >= 4 is 29.9 Å². The van der Waals surface area contributed by atoms with Crippen molar-refractivity contribution in [2.45, 2.75) is 39.2 Å². The summed E-state index contributed by atoms with van der Waals surface area (Å²) in [6.07, 6.45) is 4.63. The molecule has 1 aromatic carbocycles. The van der Waals surface area contributed by atoms with Gasteiger partial charge in [-0.3, -0.25) is 4.99 Å². The van der Waals surface area contributed by atoms with Gasteiger partial charge in [-0.1, -0.05) is 13.0 Å². The molecule has 2 N–H and O–H groups in total. The van der Waals surface area contributed by atoms with Gasteiger partial charge in [0.05, 0.1) is 13.7 Å². The molecule has 1 aliphatic rings. The number of methoxy groups -OCH3 is 1. The number of guanidine groups is 1. The minimum atomic E-state index is 0. The second kappa shape index (κ2) is 13.9. The number of benzene rings is 1. The van der Waals surface area contributed by atoms with E-state index in [1.807, 2.05) is 18.2 Å². The molecule has 0 heterocycles. The van der Waals surface area contributed by atoms with Crippen molar-refractivity contribution in [3.8, 4) is 11.5 Å². The van der Waals surface area contributed by atoms with Crippen molar-refractivity contribution in [1.29, 1.82) is 0 Å². The van der Waals surface area contributed by atoms with Gasteiger partial charge in [-0.2, -0.15) is 0 Å². The molecule has 7 heteroatoms. The van der Waals surface area contributed by atoms with Gasteiger partial charge in [0.2, 0.25) is 0 Å². The summed E-state index contributed by atoms with van der Waals surface area (Å²) in [6.45, 7) is 6.01. The monoisotopic (exact) mass is 491 g/mol. The molecule has 1 fully saturated rings. The van der Waals surface area contributed by atoms with E-state index in [9.17, 15) is 0 Å². The summed E-state index contributed by atoms with van der Waals surface area (Å²) in [7, 11) is 3.44. The van der Waals surface area contributed by atoms with Gasteiger partial charge in [-0.25, -0.2) is 0 Å². The Labute approximate surface area is 180 Å². The zero-order valence-electron chi connectivity index (χ0n) is 16.8. The summed E-state index contributed by atoms with van der Waals surface area (Å²) < 4.78 is 16.8. The number of rotatable bonds is 12. The lowest BCUT2D eigenvalue weighted by atomic mass is 10.2. The fourth-order valence-electron chi connectivity index (χ4n) is 2.48. The number of aliphatic imine (C=N–C) groups is 1. The van der Waals surface area contributed by atoms with Crippen LogP contribution in [0, 0.1) is 5.92 Å². The molecule has 1 saturated carbocycles. The molecule has 0 atom stereocenters. The molecule has 0 aliphatic heterocycles. The van der Waals surface area contributed by atoms with Gasteiger partial charge in [-0.05, 0) is 49.3 Å². The van der Waals surface area contributed by atoms with Crippen molar-refractivity contribution < 1.29 is 14.2 Å². The van der Waals surface area contributed by atoms with E-state index in [1.54, 1.807) is 14.2 Å². The van der Waals surface area contributed by atoms with Crippen LogP contribution in [0.3, 0.4) is 0 Å². The molecule has 0 bridgehead atoms. The highest BCUT2D eigenvalue weighted by molar-refractivity contribution is 14.0. The predicted octanol–water partition coefficient (Wildman–Crippen LogP) is 3.58. The normalized spacial score (nSPS) is 13.7. The van der Waals surface area contributed by atoms with Crippen molar-refractivity contribution in [3.63, 3.8) is 0 Å². The Kier molecular flexibility index (Phi) is 12.2. The summed E-state index contributed by atoms with van der Waals surface area (Å²) in [5.74, 6) is 3.16. The number of ether oxygens (including phenoxy) is 3. The van der Waals surface area contributed by atoms with Gasteiger partial charge in [0, 0.05) is 33.4 Å². The van der Waals surface area contributed by atoms with Gasteiger partial charge in [0.25, 0.3) is 0 Å². The first-order valence-corrected chi connectivity index (χ1v) is 9.58. The van der Waals surface area contributed by atoms with Crippen LogP contribution in [0.2, 0.25) is 0 Å². The molecule has 1 aliphatic carbocycles. The van der Waals surface area contributed by atoms with Crippen LogP contribution in [0.15, 0.2) is 23.2 Å². The average molecular weight is 491 g/mol. The minimum Gasteiger partial charge on any atom is -0.493 e. The summed E-state index contributed by atoms with van der Waals surface area (Å²) in [6, 6.07) is 6.00. The number of nitrogens with one attached hydrogen (secondary N) is 2.